The molecule has 29 heavy (non-hydrogen) atoms. The summed E-state index contributed by atoms with van der Waals surface area (Å²) in [7, 11) is 0. The average Bonchev–Trinajstić information content (AvgIpc) is 3.05. The van der Waals surface area contributed by atoms with Gasteiger partial charge in [-0.3, -0.25) is 4.98 Å². The lowest BCUT2D eigenvalue weighted by atomic mass is 10.0. The van der Waals surface area contributed by atoms with E-state index in [1.54, 1.807) is 26.1 Å². The van der Waals surface area contributed by atoms with Crippen LogP contribution in [0.2, 0.25) is 0 Å². The van der Waals surface area contributed by atoms with E-state index in [2.05, 4.69) is 10.3 Å². The van der Waals surface area contributed by atoms with Crippen LogP contribution in [-0.2, 0) is 9.53 Å². The van der Waals surface area contributed by atoms with E-state index in [0.717, 1.165) is 27.8 Å². The lowest BCUT2D eigenvalue weighted by Crippen LogP contribution is -2.26. The highest BCUT2D eigenvalue weighted by atomic mass is 16.6. The summed E-state index contributed by atoms with van der Waals surface area (Å²) < 4.78 is 10.8. The molecule has 2 atom stereocenters. The summed E-state index contributed by atoms with van der Waals surface area (Å²) in [4.78, 5) is 16.4. The van der Waals surface area contributed by atoms with Gasteiger partial charge in [-0.05, 0) is 43.7 Å². The molecular formula is C23H22N2O4. The molecule has 0 fully saturated rings. The largest absolute Gasteiger partial charge is 0.477 e. The Hall–Kier alpha value is -3.38. The number of rotatable bonds is 5. The molecule has 0 saturated carbocycles. The third-order valence-electron chi connectivity index (χ3n) is 4.82. The van der Waals surface area contributed by atoms with Crippen molar-refractivity contribution in [3.63, 3.8) is 0 Å². The van der Waals surface area contributed by atoms with Gasteiger partial charge in [0, 0.05) is 28.4 Å². The Balaban J connectivity index is 1.74. The number of hydrogen-bond donors (Lipinski definition) is 2. The van der Waals surface area contributed by atoms with Crippen LogP contribution in [0.5, 0.6) is 5.75 Å². The number of ether oxygens (including phenoxy) is 2. The summed E-state index contributed by atoms with van der Waals surface area (Å²) in [5.41, 5.74) is 4.20. The van der Waals surface area contributed by atoms with Crippen molar-refractivity contribution in [3.05, 3.63) is 65.9 Å². The van der Waals surface area contributed by atoms with Crippen LogP contribution >= 0.6 is 0 Å². The second-order valence-electron chi connectivity index (χ2n) is 6.76. The molecule has 2 N–H and O–H groups in total. The van der Waals surface area contributed by atoms with Crippen LogP contribution in [0.4, 0.5) is 5.69 Å². The number of nitrogens with zero attached hydrogens (tertiary/aromatic N) is 1. The van der Waals surface area contributed by atoms with E-state index in [1.807, 2.05) is 48.5 Å². The van der Waals surface area contributed by atoms with E-state index in [1.165, 1.54) is 0 Å². The Morgan fingerprint density at radius 2 is 2.07 bits per heavy atom. The molecule has 6 heteroatoms. The minimum absolute atomic E-state index is 0.301. The van der Waals surface area contributed by atoms with E-state index < -0.39 is 18.3 Å². The first-order chi connectivity index (χ1) is 14.1. The number of aliphatic hydroxyl groups excluding tert-OH is 1. The molecule has 148 valence electrons. The number of aliphatic hydroxyl groups is 1. The zero-order valence-corrected chi connectivity index (χ0v) is 16.3. The van der Waals surface area contributed by atoms with Gasteiger partial charge in [0.15, 0.2) is 12.3 Å². The molecule has 0 saturated heterocycles. The third-order valence-corrected chi connectivity index (χ3v) is 4.82. The second-order valence-corrected chi connectivity index (χ2v) is 6.76. The number of para-hydroxylation sites is 1. The fourth-order valence-electron chi connectivity index (χ4n) is 3.45. The van der Waals surface area contributed by atoms with Crippen molar-refractivity contribution in [1.82, 2.24) is 4.98 Å². The summed E-state index contributed by atoms with van der Waals surface area (Å²) in [5.74, 6) is 0.0910. The number of hydrogen-bond acceptors (Lipinski definition) is 6. The van der Waals surface area contributed by atoms with Gasteiger partial charge in [-0.1, -0.05) is 30.3 Å². The van der Waals surface area contributed by atoms with E-state index in [4.69, 9.17) is 9.47 Å². The normalized spacial score (nSPS) is 17.6. The smallest absolute Gasteiger partial charge is 0.347 e. The molecule has 0 bridgehead atoms. The highest BCUT2D eigenvalue weighted by molar-refractivity contribution is 6.00. The lowest BCUT2D eigenvalue weighted by molar-refractivity contribution is -0.150. The summed E-state index contributed by atoms with van der Waals surface area (Å²) in [6.07, 6.45) is 2.12. The number of carbonyl (C=O) groups excluding carboxylic acids is 1. The quantitative estimate of drug-likeness (QED) is 0.644. The molecule has 1 aliphatic rings. The number of nitrogens with one attached hydrogen (secondary N) is 1. The highest BCUT2D eigenvalue weighted by Gasteiger charge is 2.24. The number of benzene rings is 2. The summed E-state index contributed by atoms with van der Waals surface area (Å²) in [5, 5.41) is 14.4. The first kappa shape index (κ1) is 19.0. The van der Waals surface area contributed by atoms with E-state index in [0.29, 0.717) is 17.9 Å². The molecule has 6 nitrogen and oxygen atoms in total. The zero-order valence-electron chi connectivity index (χ0n) is 16.3. The van der Waals surface area contributed by atoms with Crippen LogP contribution in [0.1, 0.15) is 25.0 Å². The van der Waals surface area contributed by atoms with Gasteiger partial charge in [-0.2, -0.15) is 0 Å². The van der Waals surface area contributed by atoms with Crippen molar-refractivity contribution < 1.29 is 19.4 Å². The minimum atomic E-state index is -0.779. The fourth-order valence-corrected chi connectivity index (χ4v) is 3.45. The number of carbonyl (C=O) groups is 1. The molecular weight excluding hydrogens is 368 g/mol. The van der Waals surface area contributed by atoms with Gasteiger partial charge in [0.1, 0.15) is 11.3 Å². The summed E-state index contributed by atoms with van der Waals surface area (Å²) >= 11 is 0. The topological polar surface area (TPSA) is 80.7 Å². The van der Waals surface area contributed by atoms with Gasteiger partial charge >= 0.3 is 5.97 Å². The molecule has 3 aromatic rings. The molecule has 2 heterocycles. The predicted molar refractivity (Wildman–Crippen MR) is 112 cm³/mol. The average molecular weight is 390 g/mol. The van der Waals surface area contributed by atoms with E-state index in [9.17, 15) is 9.90 Å². The molecule has 2 aromatic carbocycles. The van der Waals surface area contributed by atoms with Crippen molar-refractivity contribution in [3.8, 4) is 5.75 Å². The predicted octanol–water partition coefficient (Wildman–Crippen LogP) is 3.85. The van der Waals surface area contributed by atoms with Crippen LogP contribution in [0.25, 0.3) is 22.6 Å². The Morgan fingerprint density at radius 1 is 1.24 bits per heavy atom. The monoisotopic (exact) mass is 390 g/mol. The van der Waals surface area contributed by atoms with Crippen LogP contribution < -0.4 is 10.1 Å². The maximum atomic E-state index is 11.9. The Bertz CT molecular complexity index is 1090. The number of fused-ring (bicyclic) bond motifs is 2. The van der Waals surface area contributed by atoms with Gasteiger partial charge in [-0.15, -0.1) is 0 Å². The lowest BCUT2D eigenvalue weighted by Gasteiger charge is -2.15. The van der Waals surface area contributed by atoms with Crippen LogP contribution in [0, 0.1) is 0 Å². The van der Waals surface area contributed by atoms with E-state index in [-0.39, 0.29) is 0 Å². The van der Waals surface area contributed by atoms with Gasteiger partial charge < -0.3 is 19.9 Å². The van der Waals surface area contributed by atoms with Crippen LogP contribution in [-0.4, -0.2) is 35.0 Å². The van der Waals surface area contributed by atoms with Gasteiger partial charge in [0.2, 0.25) is 0 Å². The fraction of sp³-hybridized carbons (Fsp3) is 0.217. The van der Waals surface area contributed by atoms with Crippen molar-refractivity contribution in [1.29, 1.82) is 0 Å². The molecule has 2 unspecified atom stereocenters. The van der Waals surface area contributed by atoms with E-state index >= 15 is 0 Å². The Kier molecular flexibility index (Phi) is 5.18. The van der Waals surface area contributed by atoms with Crippen LogP contribution in [0.3, 0.4) is 0 Å². The zero-order chi connectivity index (χ0) is 20.4. The molecule has 0 spiro atoms. The summed E-state index contributed by atoms with van der Waals surface area (Å²) in [6.45, 7) is 3.71. The maximum absolute atomic E-state index is 11.9. The minimum Gasteiger partial charge on any atom is -0.477 e. The van der Waals surface area contributed by atoms with Gasteiger partial charge in [0.25, 0.3) is 0 Å². The molecule has 1 aliphatic heterocycles. The molecule has 1 aromatic heterocycles. The number of aromatic nitrogens is 1. The van der Waals surface area contributed by atoms with Gasteiger partial charge in [-0.25, -0.2) is 4.79 Å². The molecule has 0 amide bonds. The van der Waals surface area contributed by atoms with Crippen LogP contribution in [0.15, 0.2) is 54.7 Å². The maximum Gasteiger partial charge on any atom is 0.347 e. The van der Waals surface area contributed by atoms with Crippen molar-refractivity contribution in [2.24, 2.45) is 0 Å². The van der Waals surface area contributed by atoms with Crippen molar-refractivity contribution in [2.45, 2.75) is 26.2 Å². The molecule has 4 rings (SSSR count). The first-order valence-electron chi connectivity index (χ1n) is 9.55. The molecule has 0 aliphatic carbocycles. The highest BCUT2D eigenvalue weighted by Crippen LogP contribution is 2.37. The van der Waals surface area contributed by atoms with Gasteiger partial charge in [0.05, 0.1) is 6.61 Å². The van der Waals surface area contributed by atoms with Crippen molar-refractivity contribution in [2.75, 3.05) is 11.9 Å². The number of pyridine rings is 1. The third kappa shape index (κ3) is 3.67. The first-order valence-corrected chi connectivity index (χ1v) is 9.55. The van der Waals surface area contributed by atoms with Crippen molar-refractivity contribution >= 4 is 34.2 Å². The Morgan fingerprint density at radius 3 is 2.90 bits per heavy atom. The number of anilines is 1. The second kappa shape index (κ2) is 7.93. The SMILES string of the molecule is CCOC(=O)C(C)Oc1ccc(C=C2c3ccccc3NC2O)c2cccnc12. The standard InChI is InChI=1S/C23H22N2O4/c1-3-28-23(27)14(2)29-20-11-10-15(16-8-6-12-24-21(16)20)13-18-17-7-4-5-9-19(17)25-22(18)26/h4-14,22,25-26H,3H2,1-2H3. The number of esters is 1. The molecule has 0 radical (unpaired) electrons. The Labute approximate surface area is 168 Å². The summed E-state index contributed by atoms with van der Waals surface area (Å²) in [6, 6.07) is 15.3.